The number of aromatic nitrogens is 1. The molecule has 1 heterocycles. The van der Waals surface area contributed by atoms with E-state index in [0.29, 0.717) is 17.9 Å². The number of nitrogens with zero attached hydrogens (tertiary/aromatic N) is 1. The lowest BCUT2D eigenvalue weighted by atomic mass is 10.0. The van der Waals surface area contributed by atoms with Gasteiger partial charge in [0.25, 0.3) is 0 Å². The predicted molar refractivity (Wildman–Crippen MR) is 87.6 cm³/mol. The molecule has 4 nitrogen and oxygen atoms in total. The molecule has 0 N–H and O–H groups in total. The molecule has 0 atom stereocenters. The molecule has 0 saturated heterocycles. The van der Waals surface area contributed by atoms with Crippen LogP contribution in [-0.4, -0.2) is 11.0 Å². The van der Waals surface area contributed by atoms with Crippen molar-refractivity contribution in [2.24, 2.45) is 0 Å². The molecular weight excluding hydrogens is 352 g/mol. The minimum absolute atomic E-state index is 0.00103. The zero-order valence-electron chi connectivity index (χ0n) is 13.1. The molecule has 0 saturated carbocycles. The SMILES string of the molecule is CCc1nc(C(=O)Oc2ccc(-c3ccc(Cl)c(F)c3)c(F)c2)co1. The molecule has 0 aliphatic rings. The molecular formula is C18H12ClF2NO3. The molecule has 0 amide bonds. The number of halogens is 3. The Morgan fingerprint density at radius 3 is 2.64 bits per heavy atom. The number of ether oxygens (including phenoxy) is 1. The molecule has 0 radical (unpaired) electrons. The van der Waals surface area contributed by atoms with E-state index in [1.807, 2.05) is 6.92 Å². The van der Waals surface area contributed by atoms with Crippen molar-refractivity contribution in [1.29, 1.82) is 0 Å². The lowest BCUT2D eigenvalue weighted by molar-refractivity contribution is 0.0728. The lowest BCUT2D eigenvalue weighted by Gasteiger charge is -2.07. The Bertz CT molecular complexity index is 940. The van der Waals surface area contributed by atoms with Gasteiger partial charge in [0.15, 0.2) is 11.6 Å². The molecule has 3 aromatic rings. The van der Waals surface area contributed by atoms with Gasteiger partial charge in [-0.25, -0.2) is 18.6 Å². The molecule has 1 aromatic heterocycles. The van der Waals surface area contributed by atoms with Crippen molar-refractivity contribution >= 4 is 17.6 Å². The van der Waals surface area contributed by atoms with Crippen LogP contribution in [-0.2, 0) is 6.42 Å². The van der Waals surface area contributed by atoms with Crippen LogP contribution in [0.4, 0.5) is 8.78 Å². The fraction of sp³-hybridized carbons (Fsp3) is 0.111. The summed E-state index contributed by atoms with van der Waals surface area (Å²) < 4.78 is 38.0. The number of hydrogen-bond donors (Lipinski definition) is 0. The van der Waals surface area contributed by atoms with Gasteiger partial charge in [-0.05, 0) is 29.8 Å². The van der Waals surface area contributed by atoms with Crippen molar-refractivity contribution in [3.63, 3.8) is 0 Å². The molecule has 0 aliphatic carbocycles. The third kappa shape index (κ3) is 3.69. The highest BCUT2D eigenvalue weighted by Gasteiger charge is 2.16. The van der Waals surface area contributed by atoms with Gasteiger partial charge in [-0.2, -0.15) is 0 Å². The minimum Gasteiger partial charge on any atom is -0.448 e. The summed E-state index contributed by atoms with van der Waals surface area (Å²) in [6.45, 7) is 1.83. The van der Waals surface area contributed by atoms with Crippen LogP contribution in [0.25, 0.3) is 11.1 Å². The van der Waals surface area contributed by atoms with Gasteiger partial charge in [0.1, 0.15) is 23.6 Å². The van der Waals surface area contributed by atoms with Crippen LogP contribution >= 0.6 is 11.6 Å². The Morgan fingerprint density at radius 2 is 2.00 bits per heavy atom. The molecule has 25 heavy (non-hydrogen) atoms. The normalized spacial score (nSPS) is 10.7. The second-order valence-corrected chi connectivity index (χ2v) is 5.55. The van der Waals surface area contributed by atoms with Crippen molar-refractivity contribution in [3.05, 3.63) is 70.9 Å². The van der Waals surface area contributed by atoms with E-state index in [1.54, 1.807) is 0 Å². The average molecular weight is 364 g/mol. The topological polar surface area (TPSA) is 52.3 Å². The molecule has 3 rings (SSSR count). The largest absolute Gasteiger partial charge is 0.448 e. The van der Waals surface area contributed by atoms with Gasteiger partial charge in [-0.1, -0.05) is 24.6 Å². The van der Waals surface area contributed by atoms with Gasteiger partial charge in [-0.3, -0.25) is 0 Å². The van der Waals surface area contributed by atoms with E-state index in [0.717, 1.165) is 12.1 Å². The van der Waals surface area contributed by atoms with E-state index in [2.05, 4.69) is 4.98 Å². The van der Waals surface area contributed by atoms with Crippen LogP contribution in [0.1, 0.15) is 23.3 Å². The smallest absolute Gasteiger partial charge is 0.365 e. The molecule has 0 aliphatic heterocycles. The summed E-state index contributed by atoms with van der Waals surface area (Å²) in [7, 11) is 0. The van der Waals surface area contributed by atoms with Gasteiger partial charge in [0, 0.05) is 18.1 Å². The molecule has 2 aromatic carbocycles. The predicted octanol–water partition coefficient (Wildman–Crippen LogP) is 5.05. The molecule has 128 valence electrons. The first kappa shape index (κ1) is 17.1. The second kappa shape index (κ2) is 7.03. The summed E-state index contributed by atoms with van der Waals surface area (Å²) in [5.41, 5.74) is 0.479. The van der Waals surface area contributed by atoms with Gasteiger partial charge < -0.3 is 9.15 Å². The van der Waals surface area contributed by atoms with Crippen molar-refractivity contribution < 1.29 is 22.7 Å². The van der Waals surface area contributed by atoms with Crippen LogP contribution in [0.2, 0.25) is 5.02 Å². The van der Waals surface area contributed by atoms with Gasteiger partial charge in [-0.15, -0.1) is 0 Å². The number of aryl methyl sites for hydroxylation is 1. The third-order valence-corrected chi connectivity index (χ3v) is 3.75. The highest BCUT2D eigenvalue weighted by atomic mass is 35.5. The standard InChI is InChI=1S/C18H12ClF2NO3/c1-2-17-22-16(9-24-17)18(23)25-11-4-5-12(14(20)8-11)10-3-6-13(19)15(21)7-10/h3-9H,2H2,1H3. The fourth-order valence-electron chi connectivity index (χ4n) is 2.18. The fourth-order valence-corrected chi connectivity index (χ4v) is 2.30. The zero-order valence-corrected chi connectivity index (χ0v) is 13.8. The minimum atomic E-state index is -0.756. The van der Waals surface area contributed by atoms with Crippen molar-refractivity contribution in [1.82, 2.24) is 4.98 Å². The monoisotopic (exact) mass is 363 g/mol. The molecule has 0 bridgehead atoms. The average Bonchev–Trinajstić information content (AvgIpc) is 3.07. The van der Waals surface area contributed by atoms with Crippen LogP contribution in [0.15, 0.2) is 47.1 Å². The maximum Gasteiger partial charge on any atom is 0.365 e. The number of carbonyl (C=O) groups is 1. The van der Waals surface area contributed by atoms with Crippen LogP contribution in [0.5, 0.6) is 5.75 Å². The summed E-state index contributed by atoms with van der Waals surface area (Å²) in [6.07, 6.45) is 1.72. The molecule has 0 unspecified atom stereocenters. The summed E-state index contributed by atoms with van der Waals surface area (Å²) >= 11 is 5.62. The van der Waals surface area contributed by atoms with E-state index in [4.69, 9.17) is 20.8 Å². The molecule has 0 fully saturated rings. The van der Waals surface area contributed by atoms with E-state index < -0.39 is 17.6 Å². The zero-order chi connectivity index (χ0) is 18.0. The van der Waals surface area contributed by atoms with E-state index in [1.165, 1.54) is 30.5 Å². The maximum absolute atomic E-state index is 14.3. The number of rotatable bonds is 4. The van der Waals surface area contributed by atoms with E-state index in [9.17, 15) is 13.6 Å². The maximum atomic E-state index is 14.3. The Hall–Kier alpha value is -2.73. The van der Waals surface area contributed by atoms with Gasteiger partial charge >= 0.3 is 5.97 Å². The first-order valence-electron chi connectivity index (χ1n) is 7.39. The summed E-state index contributed by atoms with van der Waals surface area (Å²) in [5, 5.41) is -0.0474. The van der Waals surface area contributed by atoms with E-state index in [-0.39, 0.29) is 22.0 Å². The number of esters is 1. The Kier molecular flexibility index (Phi) is 4.81. The summed E-state index contributed by atoms with van der Waals surface area (Å²) in [5.74, 6) is -1.67. The van der Waals surface area contributed by atoms with Crippen molar-refractivity contribution in [2.75, 3.05) is 0 Å². The number of oxazole rings is 1. The quantitative estimate of drug-likeness (QED) is 0.480. The molecule has 7 heteroatoms. The second-order valence-electron chi connectivity index (χ2n) is 5.14. The first-order chi connectivity index (χ1) is 12.0. The molecule has 0 spiro atoms. The van der Waals surface area contributed by atoms with Crippen LogP contribution < -0.4 is 4.74 Å². The van der Waals surface area contributed by atoms with Crippen LogP contribution in [0.3, 0.4) is 0 Å². The Morgan fingerprint density at radius 1 is 1.20 bits per heavy atom. The van der Waals surface area contributed by atoms with Gasteiger partial charge in [0.2, 0.25) is 0 Å². The summed E-state index contributed by atoms with van der Waals surface area (Å²) in [6, 6.07) is 7.81. The number of hydrogen-bond acceptors (Lipinski definition) is 4. The van der Waals surface area contributed by atoms with E-state index >= 15 is 0 Å². The van der Waals surface area contributed by atoms with Gasteiger partial charge in [0.05, 0.1) is 5.02 Å². The first-order valence-corrected chi connectivity index (χ1v) is 7.77. The number of benzene rings is 2. The Labute approximate surface area is 147 Å². The van der Waals surface area contributed by atoms with Crippen molar-refractivity contribution in [3.8, 4) is 16.9 Å². The Balaban J connectivity index is 1.81. The summed E-state index contributed by atoms with van der Waals surface area (Å²) in [4.78, 5) is 15.9. The highest BCUT2D eigenvalue weighted by molar-refractivity contribution is 6.30. The van der Waals surface area contributed by atoms with Crippen molar-refractivity contribution in [2.45, 2.75) is 13.3 Å². The lowest BCUT2D eigenvalue weighted by Crippen LogP contribution is -2.09. The third-order valence-electron chi connectivity index (χ3n) is 3.45. The number of carbonyl (C=O) groups excluding carboxylic acids is 1. The van der Waals surface area contributed by atoms with Crippen LogP contribution in [0, 0.1) is 11.6 Å². The highest BCUT2D eigenvalue weighted by Crippen LogP contribution is 2.29.